The molecule has 5 rings (SSSR count). The van der Waals surface area contributed by atoms with Gasteiger partial charge in [0.15, 0.2) is 12.1 Å². The molecule has 160 valence electrons. The first-order chi connectivity index (χ1) is 14.0. The van der Waals surface area contributed by atoms with Crippen molar-refractivity contribution in [1.29, 1.82) is 0 Å². The summed E-state index contributed by atoms with van der Waals surface area (Å²) in [7, 11) is 0. The standard InChI is InChI=1S/C20H19BrClFIN3O3/c1-20(2,3)30-19(29)27-6-8-4-12(27)15(8)25-16-9-5-11(24)13(21)14(23)17(9)26-18(22)10(16)7-28/h5,7-8,12,15H,4,6H2,1-3H3,(H,25,26)/t8-,12-,15+/m1/s1. The van der Waals surface area contributed by atoms with E-state index < -0.39 is 11.4 Å². The van der Waals surface area contributed by atoms with Crippen molar-refractivity contribution in [2.24, 2.45) is 5.92 Å². The number of amides is 1. The Morgan fingerprint density at radius 1 is 1.50 bits per heavy atom. The molecule has 3 aliphatic rings. The molecule has 2 aromatic rings. The monoisotopic (exact) mass is 609 g/mol. The third kappa shape index (κ3) is 3.66. The second-order valence-electron chi connectivity index (χ2n) is 8.56. The average molecular weight is 611 g/mol. The van der Waals surface area contributed by atoms with Crippen LogP contribution in [-0.2, 0) is 4.74 Å². The number of benzene rings is 1. The van der Waals surface area contributed by atoms with Crippen molar-refractivity contribution >= 4 is 79.1 Å². The molecular formula is C20H19BrClFIN3O3. The van der Waals surface area contributed by atoms with Crippen LogP contribution in [0.25, 0.3) is 10.9 Å². The highest BCUT2D eigenvalue weighted by molar-refractivity contribution is 14.1. The molecule has 1 amide bonds. The molecule has 3 heterocycles. The molecule has 6 nitrogen and oxygen atoms in total. The zero-order valence-corrected chi connectivity index (χ0v) is 20.9. The van der Waals surface area contributed by atoms with E-state index in [1.54, 1.807) is 11.0 Å². The second-order valence-corrected chi connectivity index (χ2v) is 10.9. The van der Waals surface area contributed by atoms with Gasteiger partial charge >= 0.3 is 6.09 Å². The number of carbonyl (C=O) groups excluding carboxylic acids is 2. The van der Waals surface area contributed by atoms with Crippen LogP contribution in [0.3, 0.4) is 0 Å². The van der Waals surface area contributed by atoms with Crippen molar-refractivity contribution in [2.45, 2.75) is 44.9 Å². The highest BCUT2D eigenvalue weighted by atomic mass is 127. The molecule has 30 heavy (non-hydrogen) atoms. The van der Waals surface area contributed by atoms with Gasteiger partial charge in [0.05, 0.1) is 27.8 Å². The molecule has 3 atom stereocenters. The maximum Gasteiger partial charge on any atom is 0.410 e. The number of aldehydes is 1. The van der Waals surface area contributed by atoms with Gasteiger partial charge < -0.3 is 15.0 Å². The summed E-state index contributed by atoms with van der Waals surface area (Å²) in [5, 5.41) is 3.78. The topological polar surface area (TPSA) is 71.5 Å². The first kappa shape index (κ1) is 22.0. The lowest BCUT2D eigenvalue weighted by molar-refractivity contribution is 0.0239. The number of hydrogen-bond donors (Lipinski definition) is 1. The van der Waals surface area contributed by atoms with Crippen molar-refractivity contribution in [3.63, 3.8) is 0 Å². The third-order valence-corrected chi connectivity index (χ3v) is 8.12. The number of fused-ring (bicyclic) bond motifs is 2. The Morgan fingerprint density at radius 3 is 2.83 bits per heavy atom. The Labute approximate surface area is 200 Å². The highest BCUT2D eigenvalue weighted by Crippen LogP contribution is 2.45. The number of nitrogens with zero attached hydrogens (tertiary/aromatic N) is 2. The Hall–Kier alpha value is -1.20. The number of carbonyl (C=O) groups is 2. The van der Waals surface area contributed by atoms with Crippen LogP contribution in [-0.4, -0.2) is 46.5 Å². The zero-order chi connectivity index (χ0) is 22.0. The number of ether oxygens (including phenoxy) is 1. The minimum atomic E-state index is -0.575. The van der Waals surface area contributed by atoms with Gasteiger partial charge in [-0.15, -0.1) is 0 Å². The van der Waals surface area contributed by atoms with Gasteiger partial charge in [0.1, 0.15) is 16.3 Å². The molecule has 3 fully saturated rings. The van der Waals surface area contributed by atoms with Gasteiger partial charge in [0.25, 0.3) is 0 Å². The number of anilines is 1. The minimum absolute atomic E-state index is 0.0642. The van der Waals surface area contributed by atoms with E-state index in [1.165, 1.54) is 0 Å². The van der Waals surface area contributed by atoms with Crippen LogP contribution in [0.2, 0.25) is 5.15 Å². The molecule has 1 aromatic heterocycles. The molecule has 0 spiro atoms. The SMILES string of the molecule is CC(C)(C)OC(=O)N1C[C@H]2C[C@@H]1[C@H]2Nc1c(C=O)c(Cl)nc2c(F)c(Br)c(I)cc12. The van der Waals surface area contributed by atoms with Gasteiger partial charge in [-0.1, -0.05) is 11.6 Å². The number of hydrogen-bond acceptors (Lipinski definition) is 5. The summed E-state index contributed by atoms with van der Waals surface area (Å²) in [5.41, 5.74) is 0.122. The summed E-state index contributed by atoms with van der Waals surface area (Å²) in [5.74, 6) is -0.324. The van der Waals surface area contributed by atoms with Crippen molar-refractivity contribution in [1.82, 2.24) is 9.88 Å². The van der Waals surface area contributed by atoms with Gasteiger partial charge in [0, 0.05) is 21.4 Å². The van der Waals surface area contributed by atoms with Crippen LogP contribution in [0.15, 0.2) is 10.5 Å². The molecule has 1 N–H and O–H groups in total. The van der Waals surface area contributed by atoms with Crippen LogP contribution in [0.5, 0.6) is 0 Å². The molecule has 2 saturated heterocycles. The molecule has 0 unspecified atom stereocenters. The predicted octanol–water partition coefficient (Wildman–Crippen LogP) is 5.63. The van der Waals surface area contributed by atoms with E-state index in [1.807, 2.05) is 43.4 Å². The molecule has 2 bridgehead atoms. The number of pyridine rings is 1. The molecule has 1 aromatic carbocycles. The van der Waals surface area contributed by atoms with Crippen LogP contribution < -0.4 is 5.32 Å². The quantitative estimate of drug-likeness (QED) is 0.211. The minimum Gasteiger partial charge on any atom is -0.444 e. The van der Waals surface area contributed by atoms with Gasteiger partial charge in [-0.2, -0.15) is 0 Å². The molecular weight excluding hydrogens is 591 g/mol. The fourth-order valence-corrected chi connectivity index (χ4v) is 5.16. The molecule has 1 aliphatic carbocycles. The number of rotatable bonds is 3. The lowest BCUT2D eigenvalue weighted by atomic mass is 9.79. The van der Waals surface area contributed by atoms with E-state index in [-0.39, 0.29) is 40.3 Å². The molecule has 10 heteroatoms. The number of aromatic nitrogens is 1. The van der Waals surface area contributed by atoms with E-state index in [4.69, 9.17) is 16.3 Å². The Morgan fingerprint density at radius 2 is 2.20 bits per heavy atom. The fraction of sp³-hybridized carbons (Fsp3) is 0.450. The number of nitrogens with one attached hydrogen (secondary N) is 1. The summed E-state index contributed by atoms with van der Waals surface area (Å²) >= 11 is 11.4. The van der Waals surface area contributed by atoms with Gasteiger partial charge in [-0.05, 0) is 71.8 Å². The predicted molar refractivity (Wildman–Crippen MR) is 125 cm³/mol. The maximum absolute atomic E-state index is 14.8. The largest absolute Gasteiger partial charge is 0.444 e. The molecule has 1 saturated carbocycles. The Bertz CT molecular complexity index is 1080. The lowest BCUT2D eigenvalue weighted by Crippen LogP contribution is -2.50. The number of halogens is 4. The first-order valence-electron chi connectivity index (χ1n) is 9.40. The van der Waals surface area contributed by atoms with Gasteiger partial charge in [-0.3, -0.25) is 4.79 Å². The lowest BCUT2D eigenvalue weighted by Gasteiger charge is -2.38. The van der Waals surface area contributed by atoms with Crippen LogP contribution in [0.1, 0.15) is 37.6 Å². The second kappa shape index (κ2) is 7.74. The maximum atomic E-state index is 14.8. The third-order valence-electron chi connectivity index (χ3n) is 5.46. The van der Waals surface area contributed by atoms with Crippen LogP contribution >= 0.6 is 50.1 Å². The van der Waals surface area contributed by atoms with E-state index in [9.17, 15) is 14.0 Å². The Kier molecular flexibility index (Phi) is 5.68. The average Bonchev–Trinajstić information content (AvgIpc) is 3.23. The van der Waals surface area contributed by atoms with Crippen LogP contribution in [0.4, 0.5) is 14.9 Å². The van der Waals surface area contributed by atoms with Gasteiger partial charge in [-0.25, -0.2) is 14.2 Å². The van der Waals surface area contributed by atoms with Crippen molar-refractivity contribution < 1.29 is 18.7 Å². The zero-order valence-electron chi connectivity index (χ0n) is 16.4. The fourth-order valence-electron chi connectivity index (χ4n) is 4.09. The highest BCUT2D eigenvalue weighted by Gasteiger charge is 2.55. The summed E-state index contributed by atoms with van der Waals surface area (Å²) in [6.45, 7) is 6.06. The summed E-state index contributed by atoms with van der Waals surface area (Å²) in [6.07, 6.45) is 1.12. The summed E-state index contributed by atoms with van der Waals surface area (Å²) < 4.78 is 21.3. The molecule has 2 aliphatic heterocycles. The summed E-state index contributed by atoms with van der Waals surface area (Å²) in [6, 6.07) is 1.61. The normalized spacial score (nSPS) is 22.8. The molecule has 0 radical (unpaired) electrons. The van der Waals surface area contributed by atoms with E-state index in [2.05, 4.69) is 26.2 Å². The van der Waals surface area contributed by atoms with Crippen LogP contribution in [0, 0.1) is 15.3 Å². The summed E-state index contributed by atoms with van der Waals surface area (Å²) in [4.78, 5) is 30.1. The van der Waals surface area contributed by atoms with Gasteiger partial charge in [0.2, 0.25) is 0 Å². The smallest absolute Gasteiger partial charge is 0.410 e. The van der Waals surface area contributed by atoms with Crippen molar-refractivity contribution in [3.8, 4) is 0 Å². The van der Waals surface area contributed by atoms with Crippen molar-refractivity contribution in [3.05, 3.63) is 30.6 Å². The first-order valence-corrected chi connectivity index (χ1v) is 11.6. The van der Waals surface area contributed by atoms with E-state index >= 15 is 0 Å². The van der Waals surface area contributed by atoms with E-state index in [0.29, 0.717) is 31.9 Å². The Balaban J connectivity index is 1.70. The van der Waals surface area contributed by atoms with Crippen molar-refractivity contribution in [2.75, 3.05) is 11.9 Å². The van der Waals surface area contributed by atoms with E-state index in [0.717, 1.165) is 6.42 Å².